The summed E-state index contributed by atoms with van der Waals surface area (Å²) in [6.45, 7) is 0. The highest BCUT2D eigenvalue weighted by molar-refractivity contribution is 5.81. The first-order chi connectivity index (χ1) is 8.21. The lowest BCUT2D eigenvalue weighted by Crippen LogP contribution is -1.97. The maximum atomic E-state index is 8.72. The number of nitrogens with two attached hydrogens (primary N) is 1. The minimum atomic E-state index is -0.197. The van der Waals surface area contributed by atoms with Crippen molar-refractivity contribution in [2.45, 2.75) is 0 Å². The van der Waals surface area contributed by atoms with Crippen molar-refractivity contribution in [3.05, 3.63) is 41.2 Å². The number of ether oxygens (including phenoxy) is 1. The van der Waals surface area contributed by atoms with Crippen molar-refractivity contribution in [2.75, 3.05) is 7.11 Å². The number of aliphatic imine (C=N–C) groups is 1. The minimum Gasteiger partial charge on any atom is -0.497 e. The topological polar surface area (TPSA) is 95.2 Å². The van der Waals surface area contributed by atoms with Gasteiger partial charge in [0.05, 0.1) is 7.11 Å². The minimum absolute atomic E-state index is 0.0941. The monoisotopic (exact) mass is 226 g/mol. The molecule has 0 unspecified atom stereocenters. The summed E-state index contributed by atoms with van der Waals surface area (Å²) >= 11 is 0. The SMILES string of the molecule is COc1ccc(C=NC(C#N)=C(N)C#N)cc1. The quantitative estimate of drug-likeness (QED) is 0.621. The molecule has 0 saturated heterocycles. The van der Waals surface area contributed by atoms with Gasteiger partial charge in [0, 0.05) is 6.21 Å². The van der Waals surface area contributed by atoms with Gasteiger partial charge in [-0.15, -0.1) is 0 Å². The standard InChI is InChI=1S/C12H10N4O/c1-17-10-4-2-9(3-5-10)8-16-12(7-14)11(15)6-13/h2-5,8H,15H2,1H3. The maximum Gasteiger partial charge on any atom is 0.174 e. The number of nitriles is 2. The van der Waals surface area contributed by atoms with Gasteiger partial charge in [-0.3, -0.25) is 0 Å². The summed E-state index contributed by atoms with van der Waals surface area (Å²) in [6, 6.07) is 10.5. The van der Waals surface area contributed by atoms with Gasteiger partial charge in [0.2, 0.25) is 0 Å². The third kappa shape index (κ3) is 3.37. The molecule has 0 aliphatic carbocycles. The Kier molecular flexibility index (Phi) is 4.29. The first kappa shape index (κ1) is 12.3. The van der Waals surface area contributed by atoms with Crippen LogP contribution in [0.5, 0.6) is 5.75 Å². The van der Waals surface area contributed by atoms with Gasteiger partial charge in [-0.1, -0.05) is 0 Å². The van der Waals surface area contributed by atoms with Crippen LogP contribution in [0.3, 0.4) is 0 Å². The molecule has 0 aliphatic heterocycles. The molecular weight excluding hydrogens is 216 g/mol. The zero-order valence-corrected chi connectivity index (χ0v) is 9.21. The Hall–Kier alpha value is -2.79. The highest BCUT2D eigenvalue weighted by Gasteiger charge is 1.98. The number of hydrogen-bond donors (Lipinski definition) is 1. The number of hydrogen-bond acceptors (Lipinski definition) is 5. The molecule has 0 spiro atoms. The van der Waals surface area contributed by atoms with Gasteiger partial charge in [0.1, 0.15) is 23.6 Å². The van der Waals surface area contributed by atoms with Gasteiger partial charge in [-0.05, 0) is 29.8 Å². The average Bonchev–Trinajstić information content (AvgIpc) is 2.39. The van der Waals surface area contributed by atoms with E-state index in [4.69, 9.17) is 21.0 Å². The summed E-state index contributed by atoms with van der Waals surface area (Å²) in [5, 5.41) is 17.2. The van der Waals surface area contributed by atoms with E-state index < -0.39 is 0 Å². The third-order valence-corrected chi connectivity index (χ3v) is 1.94. The molecule has 17 heavy (non-hydrogen) atoms. The molecule has 0 heterocycles. The van der Waals surface area contributed by atoms with Crippen molar-refractivity contribution in [1.29, 1.82) is 10.5 Å². The van der Waals surface area contributed by atoms with Gasteiger partial charge < -0.3 is 10.5 Å². The summed E-state index contributed by atoms with van der Waals surface area (Å²) in [5.41, 5.74) is 5.79. The molecule has 84 valence electrons. The lowest BCUT2D eigenvalue weighted by molar-refractivity contribution is 0.415. The third-order valence-electron chi connectivity index (χ3n) is 1.94. The second-order valence-electron chi connectivity index (χ2n) is 3.02. The van der Waals surface area contributed by atoms with E-state index in [2.05, 4.69) is 4.99 Å². The Balaban J connectivity index is 2.91. The Morgan fingerprint density at radius 3 is 2.41 bits per heavy atom. The van der Waals surface area contributed by atoms with Crippen molar-refractivity contribution in [2.24, 2.45) is 10.7 Å². The van der Waals surface area contributed by atoms with Crippen LogP contribution in [0.2, 0.25) is 0 Å². The molecule has 2 N–H and O–H groups in total. The lowest BCUT2D eigenvalue weighted by Gasteiger charge is -1.98. The predicted molar refractivity (Wildman–Crippen MR) is 63.0 cm³/mol. The van der Waals surface area contributed by atoms with Crippen molar-refractivity contribution in [3.63, 3.8) is 0 Å². The molecule has 0 atom stereocenters. The van der Waals surface area contributed by atoms with E-state index in [1.54, 1.807) is 43.5 Å². The predicted octanol–water partition coefficient (Wildman–Crippen LogP) is 1.33. The van der Waals surface area contributed by atoms with Crippen LogP contribution in [0.15, 0.2) is 40.7 Å². The molecule has 0 radical (unpaired) electrons. The normalized spacial score (nSPS) is 11.5. The number of nitrogens with zero attached hydrogens (tertiary/aromatic N) is 3. The molecule has 0 bridgehead atoms. The largest absolute Gasteiger partial charge is 0.497 e. The number of methoxy groups -OCH3 is 1. The summed E-state index contributed by atoms with van der Waals surface area (Å²) in [4.78, 5) is 3.84. The van der Waals surface area contributed by atoms with Gasteiger partial charge >= 0.3 is 0 Å². The van der Waals surface area contributed by atoms with Crippen molar-refractivity contribution in [1.82, 2.24) is 0 Å². The van der Waals surface area contributed by atoms with Gasteiger partial charge in [-0.2, -0.15) is 10.5 Å². The zero-order valence-electron chi connectivity index (χ0n) is 9.21. The van der Waals surface area contributed by atoms with Gasteiger partial charge in [-0.25, -0.2) is 4.99 Å². The Labute approximate surface area is 99.1 Å². The smallest absolute Gasteiger partial charge is 0.174 e. The highest BCUT2D eigenvalue weighted by atomic mass is 16.5. The average molecular weight is 226 g/mol. The maximum absolute atomic E-state index is 8.72. The Morgan fingerprint density at radius 1 is 1.29 bits per heavy atom. The molecule has 1 rings (SSSR count). The summed E-state index contributed by atoms with van der Waals surface area (Å²) in [7, 11) is 1.58. The zero-order chi connectivity index (χ0) is 12.7. The fourth-order valence-corrected chi connectivity index (χ4v) is 1.04. The molecule has 5 nitrogen and oxygen atoms in total. The van der Waals surface area contributed by atoms with Crippen LogP contribution in [0.4, 0.5) is 0 Å². The van der Waals surface area contributed by atoms with E-state index in [1.165, 1.54) is 6.21 Å². The Morgan fingerprint density at radius 2 is 1.94 bits per heavy atom. The van der Waals surface area contributed by atoms with Crippen LogP contribution in [0.25, 0.3) is 0 Å². The fraction of sp³-hybridized carbons (Fsp3) is 0.0833. The highest BCUT2D eigenvalue weighted by Crippen LogP contribution is 2.10. The summed E-state index contributed by atoms with van der Waals surface area (Å²) < 4.78 is 5.00. The second kappa shape index (κ2) is 5.94. The molecule has 0 amide bonds. The first-order valence-corrected chi connectivity index (χ1v) is 4.69. The number of benzene rings is 1. The molecule has 1 aromatic rings. The Bertz CT molecular complexity index is 529. The van der Waals surface area contributed by atoms with E-state index in [1.807, 2.05) is 0 Å². The van der Waals surface area contributed by atoms with Crippen molar-refractivity contribution >= 4 is 6.21 Å². The second-order valence-corrected chi connectivity index (χ2v) is 3.02. The van der Waals surface area contributed by atoms with E-state index in [0.717, 1.165) is 11.3 Å². The number of rotatable bonds is 3. The first-order valence-electron chi connectivity index (χ1n) is 4.69. The molecule has 0 fully saturated rings. The van der Waals surface area contributed by atoms with Gasteiger partial charge in [0.25, 0.3) is 0 Å². The lowest BCUT2D eigenvalue weighted by atomic mass is 10.2. The number of allylic oxidation sites excluding steroid dienone is 2. The summed E-state index contributed by atoms with van der Waals surface area (Å²) in [5.74, 6) is 0.731. The molecule has 1 aromatic carbocycles. The van der Waals surface area contributed by atoms with E-state index in [9.17, 15) is 0 Å². The molecule has 0 aliphatic rings. The van der Waals surface area contributed by atoms with Crippen LogP contribution < -0.4 is 10.5 Å². The molecule has 5 heteroatoms. The van der Waals surface area contributed by atoms with E-state index in [-0.39, 0.29) is 11.4 Å². The molecular formula is C12H10N4O. The summed E-state index contributed by atoms with van der Waals surface area (Å²) in [6.07, 6.45) is 1.46. The van der Waals surface area contributed by atoms with Crippen LogP contribution in [-0.4, -0.2) is 13.3 Å². The van der Waals surface area contributed by atoms with Crippen molar-refractivity contribution in [3.8, 4) is 17.9 Å². The van der Waals surface area contributed by atoms with Crippen LogP contribution in [0.1, 0.15) is 5.56 Å². The van der Waals surface area contributed by atoms with Crippen molar-refractivity contribution < 1.29 is 4.74 Å². The van der Waals surface area contributed by atoms with Crippen LogP contribution >= 0.6 is 0 Å². The molecule has 0 aromatic heterocycles. The van der Waals surface area contributed by atoms with Crippen LogP contribution in [-0.2, 0) is 0 Å². The van der Waals surface area contributed by atoms with Gasteiger partial charge in [0.15, 0.2) is 5.70 Å². The fourth-order valence-electron chi connectivity index (χ4n) is 1.04. The van der Waals surface area contributed by atoms with Crippen LogP contribution in [0, 0.1) is 22.7 Å². The van der Waals surface area contributed by atoms with E-state index in [0.29, 0.717) is 0 Å². The molecule has 0 saturated carbocycles. The van der Waals surface area contributed by atoms with E-state index >= 15 is 0 Å².